The van der Waals surface area contributed by atoms with Gasteiger partial charge >= 0.3 is 69.6 Å². The molecule has 1 radical (unpaired) electrons. The maximum absolute atomic E-state index is 5.31. The van der Waals surface area contributed by atoms with Crippen LogP contribution in [0.15, 0.2) is 0 Å². The summed E-state index contributed by atoms with van der Waals surface area (Å²) in [7, 11) is 0. The van der Waals surface area contributed by atoms with E-state index in [0.717, 1.165) is 0 Å². The van der Waals surface area contributed by atoms with Crippen LogP contribution in [0.3, 0.4) is 0 Å². The molecule has 0 aromatic heterocycles. The fourth-order valence-corrected chi connectivity index (χ4v) is 1.73. The molecule has 0 aromatic carbocycles. The molecule has 0 rings (SSSR count). The molecule has 9 heavy (non-hydrogen) atoms. The molecule has 0 unspecified atom stereocenters. The Kier molecular flexibility index (Phi) is 6.08. The third kappa shape index (κ3) is 8.80. The standard InChI is InChI=1S/2C3H7O.Bi/c2*1-3(2)4;/h2*3H,1-2H3;/q2*-1;+2. The summed E-state index contributed by atoms with van der Waals surface area (Å²) in [6.07, 6.45) is 0.695. The van der Waals surface area contributed by atoms with Crippen molar-refractivity contribution < 1.29 is 5.63 Å². The van der Waals surface area contributed by atoms with Crippen molar-refractivity contribution in [3.8, 4) is 0 Å². The van der Waals surface area contributed by atoms with Crippen molar-refractivity contribution in [2.75, 3.05) is 0 Å². The van der Waals surface area contributed by atoms with Crippen LogP contribution in [0.25, 0.3) is 0 Å². The molecule has 0 fully saturated rings. The predicted molar refractivity (Wildman–Crippen MR) is 38.2 cm³/mol. The Balaban J connectivity index is 2.91. The van der Waals surface area contributed by atoms with Crippen molar-refractivity contribution in [2.45, 2.75) is 39.9 Å². The second kappa shape index (κ2) is 5.58. The van der Waals surface area contributed by atoms with Crippen molar-refractivity contribution in [1.29, 1.82) is 0 Å². The van der Waals surface area contributed by atoms with Crippen LogP contribution in [0.1, 0.15) is 27.7 Å². The topological polar surface area (TPSA) is 18.5 Å². The molecular formula is C6H14BiO2. The van der Waals surface area contributed by atoms with Crippen LogP contribution in [0.5, 0.6) is 0 Å². The zero-order chi connectivity index (χ0) is 7.28. The van der Waals surface area contributed by atoms with Gasteiger partial charge in [0.05, 0.1) is 0 Å². The van der Waals surface area contributed by atoms with Crippen LogP contribution in [-0.2, 0) is 5.63 Å². The summed E-state index contributed by atoms with van der Waals surface area (Å²) < 4.78 is 10.6. The van der Waals surface area contributed by atoms with E-state index in [1.54, 1.807) is 0 Å². The van der Waals surface area contributed by atoms with Crippen molar-refractivity contribution in [1.82, 2.24) is 0 Å². The van der Waals surface area contributed by atoms with Crippen molar-refractivity contribution >= 4 is 24.1 Å². The van der Waals surface area contributed by atoms with Crippen molar-refractivity contribution in [2.24, 2.45) is 0 Å². The zero-order valence-corrected chi connectivity index (χ0v) is 9.90. The summed E-state index contributed by atoms with van der Waals surface area (Å²) in [5.41, 5.74) is 0. The van der Waals surface area contributed by atoms with Gasteiger partial charge in [0.15, 0.2) is 0 Å². The van der Waals surface area contributed by atoms with E-state index in [-0.39, 0.29) is 0 Å². The van der Waals surface area contributed by atoms with Gasteiger partial charge in [0, 0.05) is 0 Å². The Morgan fingerprint density at radius 3 is 1.44 bits per heavy atom. The van der Waals surface area contributed by atoms with E-state index in [1.165, 1.54) is 0 Å². The molecular weight excluding hydrogens is 313 g/mol. The molecule has 0 aliphatic heterocycles. The Morgan fingerprint density at radius 1 is 0.889 bits per heavy atom. The summed E-state index contributed by atoms with van der Waals surface area (Å²) in [6, 6.07) is 0. The van der Waals surface area contributed by atoms with E-state index in [4.69, 9.17) is 5.63 Å². The molecule has 0 heterocycles. The van der Waals surface area contributed by atoms with Crippen LogP contribution >= 0.6 is 0 Å². The van der Waals surface area contributed by atoms with E-state index in [9.17, 15) is 0 Å². The van der Waals surface area contributed by atoms with Gasteiger partial charge in [0.2, 0.25) is 0 Å². The molecule has 0 bridgehead atoms. The first-order valence-electron chi connectivity index (χ1n) is 3.15. The van der Waals surface area contributed by atoms with E-state index in [0.29, 0.717) is 12.2 Å². The summed E-state index contributed by atoms with van der Waals surface area (Å²) >= 11 is -1.01. The van der Waals surface area contributed by atoms with Gasteiger partial charge in [-0.25, -0.2) is 0 Å². The minimum atomic E-state index is -1.01. The third-order valence-electron chi connectivity index (χ3n) is 0.508. The van der Waals surface area contributed by atoms with Gasteiger partial charge in [-0.2, -0.15) is 0 Å². The molecule has 0 amide bonds. The minimum absolute atomic E-state index is 0.348. The Morgan fingerprint density at radius 2 is 1.22 bits per heavy atom. The first-order valence-corrected chi connectivity index (χ1v) is 5.98. The Labute approximate surface area is 69.7 Å². The second-order valence-electron chi connectivity index (χ2n) is 2.38. The summed E-state index contributed by atoms with van der Waals surface area (Å²) in [6.45, 7) is 8.14. The molecule has 0 aliphatic carbocycles. The number of hydrogen-bond donors (Lipinski definition) is 0. The zero-order valence-electron chi connectivity index (χ0n) is 6.42. The predicted octanol–water partition coefficient (Wildman–Crippen LogP) is 1.37. The van der Waals surface area contributed by atoms with Gasteiger partial charge in [0.25, 0.3) is 0 Å². The van der Waals surface area contributed by atoms with E-state index < -0.39 is 24.1 Å². The molecule has 55 valence electrons. The van der Waals surface area contributed by atoms with Crippen LogP contribution < -0.4 is 0 Å². The Hall–Kier alpha value is 0.803. The molecule has 2 nitrogen and oxygen atoms in total. The van der Waals surface area contributed by atoms with Gasteiger partial charge < -0.3 is 0 Å². The molecule has 0 atom stereocenters. The van der Waals surface area contributed by atoms with E-state index >= 15 is 0 Å². The van der Waals surface area contributed by atoms with Gasteiger partial charge in [-0.3, -0.25) is 0 Å². The van der Waals surface area contributed by atoms with Crippen LogP contribution in [0, 0.1) is 0 Å². The van der Waals surface area contributed by atoms with Gasteiger partial charge in [0.1, 0.15) is 0 Å². The molecule has 0 aliphatic rings. The van der Waals surface area contributed by atoms with Crippen LogP contribution in [0.4, 0.5) is 0 Å². The van der Waals surface area contributed by atoms with Gasteiger partial charge in [-0.15, -0.1) is 0 Å². The SMILES string of the molecule is CC(C)[O][Bi][O]C(C)C. The third-order valence-corrected chi connectivity index (χ3v) is 4.46. The van der Waals surface area contributed by atoms with E-state index in [1.807, 2.05) is 27.7 Å². The van der Waals surface area contributed by atoms with Crippen molar-refractivity contribution in [3.05, 3.63) is 0 Å². The van der Waals surface area contributed by atoms with Gasteiger partial charge in [-0.05, 0) is 0 Å². The molecule has 0 N–H and O–H groups in total. The molecule has 0 spiro atoms. The van der Waals surface area contributed by atoms with Gasteiger partial charge in [-0.1, -0.05) is 0 Å². The molecule has 0 aromatic rings. The quantitative estimate of drug-likeness (QED) is 0.726. The van der Waals surface area contributed by atoms with E-state index in [2.05, 4.69) is 0 Å². The summed E-state index contributed by atoms with van der Waals surface area (Å²) in [5.74, 6) is 0. The molecule has 3 heteroatoms. The number of hydrogen-bond acceptors (Lipinski definition) is 2. The first kappa shape index (κ1) is 9.80. The molecule has 0 saturated heterocycles. The molecule has 0 saturated carbocycles. The normalized spacial score (nSPS) is 11.3. The summed E-state index contributed by atoms with van der Waals surface area (Å²) in [5, 5.41) is 0. The fourth-order valence-electron chi connectivity index (χ4n) is 0.197. The first-order chi connectivity index (χ1) is 4.13. The average molecular weight is 327 g/mol. The summed E-state index contributed by atoms with van der Waals surface area (Å²) in [4.78, 5) is 0. The van der Waals surface area contributed by atoms with Crippen LogP contribution in [0.2, 0.25) is 0 Å². The average Bonchev–Trinajstić information content (AvgIpc) is 1.63. The number of rotatable bonds is 4. The monoisotopic (exact) mass is 327 g/mol. The van der Waals surface area contributed by atoms with Crippen LogP contribution in [-0.4, -0.2) is 36.3 Å². The maximum atomic E-state index is 5.31. The second-order valence-corrected chi connectivity index (χ2v) is 4.60. The van der Waals surface area contributed by atoms with Crippen molar-refractivity contribution in [3.63, 3.8) is 0 Å². The Bertz CT molecular complexity index is 56.1. The fraction of sp³-hybridized carbons (Fsp3) is 1.00.